The molecule has 0 radical (unpaired) electrons. The molecule has 4 heterocycles. The van der Waals surface area contributed by atoms with Gasteiger partial charge in [-0.3, -0.25) is 0 Å². The number of nitriles is 1. The SMILES string of the molecule is [2H]C([2H])([2H])N1CC/C(=C\F)[C@](C)(C([2H])([2H])Oc2nc(N3CCOC[C@H]4[C@H](F)[C@H]43)c3cc(C(F)(F)F)c(-c4ccc(F)c5sc(N)c(C#N)c45)c(F)c3n2)C1. The number of likely N-dealkylation sites (tertiary alicyclic amines) is 1. The zero-order valence-electron chi connectivity index (χ0n) is 30.5. The molecule has 7 rings (SSSR count). The molecule has 0 spiro atoms. The van der Waals surface area contributed by atoms with Crippen LogP contribution in [0.4, 0.5) is 41.6 Å². The normalized spacial score (nSPS) is 27.5. The molecule has 1 saturated carbocycles. The molecule has 2 N–H and O–H groups in total. The summed E-state index contributed by atoms with van der Waals surface area (Å²) in [7, 11) is 0. The number of alkyl halides is 4. The first-order chi connectivity index (χ1) is 25.2. The van der Waals surface area contributed by atoms with Crippen molar-refractivity contribution in [1.29, 1.82) is 5.26 Å². The Morgan fingerprint density at radius 1 is 1.31 bits per heavy atom. The fraction of sp³-hybridized carbons (Fsp3) is 0.424. The Hall–Kier alpha value is -4.20. The second kappa shape index (κ2) is 12.0. The van der Waals surface area contributed by atoms with Gasteiger partial charge in [0.1, 0.15) is 41.0 Å². The van der Waals surface area contributed by atoms with Crippen molar-refractivity contribution in [2.75, 3.05) is 57.0 Å². The summed E-state index contributed by atoms with van der Waals surface area (Å²) in [5.41, 5.74) is -0.770. The molecule has 4 atom stereocenters. The third-order valence-corrected chi connectivity index (χ3v) is 10.2. The van der Waals surface area contributed by atoms with E-state index in [1.165, 1.54) is 11.8 Å². The van der Waals surface area contributed by atoms with Gasteiger partial charge >= 0.3 is 12.2 Å². The van der Waals surface area contributed by atoms with Crippen molar-refractivity contribution in [2.45, 2.75) is 31.7 Å². The number of hydrogen-bond acceptors (Lipinski definition) is 9. The lowest BCUT2D eigenvalue weighted by Gasteiger charge is -2.40. The second-order valence-corrected chi connectivity index (χ2v) is 13.4. The first kappa shape index (κ1) is 27.6. The molecule has 0 unspecified atom stereocenters. The highest BCUT2D eigenvalue weighted by Crippen LogP contribution is 2.50. The third kappa shape index (κ3) is 5.51. The molecule has 4 aromatic rings. The van der Waals surface area contributed by atoms with Crippen LogP contribution in [-0.2, 0) is 10.9 Å². The third-order valence-electron chi connectivity index (χ3n) is 9.21. The average molecular weight is 712 g/mol. The largest absolute Gasteiger partial charge is 0.462 e. The molecule has 3 aliphatic rings. The number of thiophene rings is 1. The molecule has 0 amide bonds. The van der Waals surface area contributed by atoms with Crippen molar-refractivity contribution in [1.82, 2.24) is 14.9 Å². The van der Waals surface area contributed by atoms with Crippen LogP contribution in [0.2, 0.25) is 0 Å². The van der Waals surface area contributed by atoms with Gasteiger partial charge < -0.3 is 25.0 Å². The van der Waals surface area contributed by atoms with Gasteiger partial charge in [0.05, 0.1) is 44.2 Å². The van der Waals surface area contributed by atoms with E-state index in [0.717, 1.165) is 17.0 Å². The monoisotopic (exact) mass is 711 g/mol. The van der Waals surface area contributed by atoms with E-state index in [0.29, 0.717) is 17.4 Å². The van der Waals surface area contributed by atoms with Gasteiger partial charge in [-0.15, -0.1) is 11.3 Å². The molecular weight excluding hydrogens is 677 g/mol. The lowest BCUT2D eigenvalue weighted by atomic mass is 9.78. The molecule has 258 valence electrons. The molecule has 2 aromatic carbocycles. The Morgan fingerprint density at radius 2 is 2.10 bits per heavy atom. The number of nitrogen functional groups attached to an aromatic ring is 1. The lowest BCUT2D eigenvalue weighted by Crippen LogP contribution is -2.44. The predicted octanol–water partition coefficient (Wildman–Crippen LogP) is 7.01. The fourth-order valence-corrected chi connectivity index (χ4v) is 7.61. The minimum atomic E-state index is -5.28. The van der Waals surface area contributed by atoms with E-state index in [4.69, 9.17) is 22.1 Å². The van der Waals surface area contributed by atoms with Crippen LogP contribution in [0.5, 0.6) is 6.01 Å². The van der Waals surface area contributed by atoms with Crippen LogP contribution in [0.25, 0.3) is 32.1 Å². The van der Waals surface area contributed by atoms with E-state index < -0.39 is 101 Å². The van der Waals surface area contributed by atoms with E-state index in [2.05, 4.69) is 9.97 Å². The number of benzene rings is 2. The Bertz CT molecular complexity index is 2270. The van der Waals surface area contributed by atoms with Crippen molar-refractivity contribution in [3.63, 3.8) is 0 Å². The van der Waals surface area contributed by atoms with E-state index in [9.17, 15) is 14.0 Å². The molecule has 3 fully saturated rings. The van der Waals surface area contributed by atoms with Crippen molar-refractivity contribution in [3.05, 3.63) is 52.9 Å². The van der Waals surface area contributed by atoms with Crippen LogP contribution in [0, 0.1) is 34.3 Å². The minimum Gasteiger partial charge on any atom is -0.462 e. The van der Waals surface area contributed by atoms with Gasteiger partial charge in [0.2, 0.25) is 0 Å². The molecule has 2 aromatic heterocycles. The first-order valence-electron chi connectivity index (χ1n) is 17.5. The van der Waals surface area contributed by atoms with E-state index in [1.54, 1.807) is 6.07 Å². The zero-order chi connectivity index (χ0) is 39.3. The fourth-order valence-electron chi connectivity index (χ4n) is 6.66. The summed E-state index contributed by atoms with van der Waals surface area (Å²) >= 11 is 0.581. The summed E-state index contributed by atoms with van der Waals surface area (Å²) in [4.78, 5) is 10.5. The molecule has 2 saturated heterocycles. The number of fused-ring (bicyclic) bond motifs is 3. The quantitative estimate of drug-likeness (QED) is 0.221. The summed E-state index contributed by atoms with van der Waals surface area (Å²) in [5, 5.41) is 8.64. The van der Waals surface area contributed by atoms with Gasteiger partial charge in [-0.25, -0.2) is 17.6 Å². The standard InChI is InChI=1S/C33H29F7N6O2S/c1-32(13-45(2)6-5-15(32)10-34)14-48-31-43-26-17(30(44-31)46-7-8-47-12-19-24(36)27(19)46)9-20(33(38,39)40)23(25(26)37)16-3-4-21(35)28-22(16)18(11-41)29(42)49-28/h3-4,9-10,19,24,27H,5-8,12-14,42H2,1-2H3/b15-10+/t19-,24-,27-,32-/m0/s1/i2D3,14D2. The van der Waals surface area contributed by atoms with Gasteiger partial charge in [0.15, 0.2) is 5.82 Å². The van der Waals surface area contributed by atoms with Crippen molar-refractivity contribution in [2.24, 2.45) is 11.3 Å². The number of halogens is 7. The summed E-state index contributed by atoms with van der Waals surface area (Å²) in [6.07, 6.45) is -6.87. The van der Waals surface area contributed by atoms with Crippen molar-refractivity contribution >= 4 is 43.1 Å². The van der Waals surface area contributed by atoms with Crippen LogP contribution in [0.1, 0.15) is 31.3 Å². The maximum Gasteiger partial charge on any atom is 0.417 e. The molecule has 8 nitrogen and oxygen atoms in total. The second-order valence-electron chi connectivity index (χ2n) is 12.3. The summed E-state index contributed by atoms with van der Waals surface area (Å²) < 4.78 is 159. The predicted molar refractivity (Wildman–Crippen MR) is 170 cm³/mol. The Morgan fingerprint density at radius 3 is 2.82 bits per heavy atom. The summed E-state index contributed by atoms with van der Waals surface area (Å²) in [6, 6.07) is 2.01. The van der Waals surface area contributed by atoms with Crippen molar-refractivity contribution < 1.29 is 47.1 Å². The van der Waals surface area contributed by atoms with Crippen molar-refractivity contribution in [3.8, 4) is 23.2 Å². The Kier molecular flexibility index (Phi) is 6.75. The van der Waals surface area contributed by atoms with E-state index >= 15 is 22.0 Å². The van der Waals surface area contributed by atoms with E-state index in [-0.39, 0.29) is 65.3 Å². The summed E-state index contributed by atoms with van der Waals surface area (Å²) in [5.74, 6) is -3.75. The van der Waals surface area contributed by atoms with E-state index in [1.807, 2.05) is 0 Å². The van der Waals surface area contributed by atoms with Crippen LogP contribution in [-0.4, -0.2) is 73.5 Å². The number of piperidine rings is 1. The molecule has 1 aliphatic carbocycles. The summed E-state index contributed by atoms with van der Waals surface area (Å²) in [6.45, 7) is -5.46. The number of aromatic nitrogens is 2. The highest BCUT2D eigenvalue weighted by molar-refractivity contribution is 7.23. The highest BCUT2D eigenvalue weighted by atomic mass is 32.1. The molecule has 49 heavy (non-hydrogen) atoms. The van der Waals surface area contributed by atoms with Crippen LogP contribution in [0.3, 0.4) is 0 Å². The average Bonchev–Trinajstić information content (AvgIpc) is 3.67. The van der Waals surface area contributed by atoms with Gasteiger partial charge in [-0.2, -0.15) is 28.4 Å². The number of ether oxygens (including phenoxy) is 2. The number of nitrogens with zero attached hydrogens (tertiary/aromatic N) is 5. The van der Waals surface area contributed by atoms with Crippen LogP contribution in [0.15, 0.2) is 30.1 Å². The molecule has 0 bridgehead atoms. The number of nitrogens with two attached hydrogens (primary N) is 1. The molecule has 16 heteroatoms. The van der Waals surface area contributed by atoms with Crippen LogP contribution >= 0.6 is 11.3 Å². The highest BCUT2D eigenvalue weighted by Gasteiger charge is 2.56. The minimum absolute atomic E-state index is 0.0220. The van der Waals surface area contributed by atoms with Gasteiger partial charge in [-0.1, -0.05) is 13.0 Å². The zero-order valence-corrected chi connectivity index (χ0v) is 26.3. The maximum absolute atomic E-state index is 17.2. The molecule has 2 aliphatic heterocycles. The smallest absolute Gasteiger partial charge is 0.417 e. The topological polar surface area (TPSA) is 101 Å². The Balaban J connectivity index is 1.49. The first-order valence-corrected chi connectivity index (χ1v) is 15.8. The Labute approximate surface area is 286 Å². The number of anilines is 2. The van der Waals surface area contributed by atoms with Gasteiger partial charge in [-0.05, 0) is 36.7 Å². The maximum atomic E-state index is 17.2. The number of hydrogen-bond donors (Lipinski definition) is 1. The van der Waals surface area contributed by atoms with Gasteiger partial charge in [0, 0.05) is 51.4 Å². The van der Waals surface area contributed by atoms with Crippen LogP contribution < -0.4 is 15.4 Å². The lowest BCUT2D eigenvalue weighted by molar-refractivity contribution is -0.137. The molecular formula is C33H29F7N6O2S. The number of rotatable bonds is 5. The van der Waals surface area contributed by atoms with Gasteiger partial charge in [0.25, 0.3) is 0 Å².